The lowest BCUT2D eigenvalue weighted by Gasteiger charge is -2.50. The molecule has 0 aromatic heterocycles. The topological polar surface area (TPSA) is 92.4 Å². The van der Waals surface area contributed by atoms with Crippen LogP contribution in [0.1, 0.15) is 20.3 Å². The number of anilines is 1. The molecular weight excluding hydrogens is 288 g/mol. The molecule has 0 aliphatic heterocycles. The van der Waals surface area contributed by atoms with Crippen LogP contribution in [0.15, 0.2) is 23.1 Å². The third-order valence-electron chi connectivity index (χ3n) is 3.81. The summed E-state index contributed by atoms with van der Waals surface area (Å²) in [6, 6.07) is 4.31. The number of aliphatic hydroxyl groups excluding tert-OH is 1. The summed E-state index contributed by atoms with van der Waals surface area (Å²) in [5.74, 6) is 0. The number of nitrogens with two attached hydrogens (primary N) is 1. The molecule has 0 heterocycles. The van der Waals surface area contributed by atoms with E-state index in [2.05, 4.69) is 5.32 Å². The number of hydrogen-bond acceptors (Lipinski definition) is 4. The van der Waals surface area contributed by atoms with Crippen molar-refractivity contribution in [2.24, 2.45) is 10.6 Å². The van der Waals surface area contributed by atoms with Gasteiger partial charge in [0.15, 0.2) is 0 Å². The van der Waals surface area contributed by atoms with Gasteiger partial charge in [-0.2, -0.15) is 0 Å². The van der Waals surface area contributed by atoms with Crippen LogP contribution in [0.25, 0.3) is 0 Å². The van der Waals surface area contributed by atoms with Gasteiger partial charge in [-0.3, -0.25) is 0 Å². The summed E-state index contributed by atoms with van der Waals surface area (Å²) in [4.78, 5) is 0.0112. The van der Waals surface area contributed by atoms with E-state index in [-0.39, 0.29) is 22.5 Å². The Hall–Kier alpha value is -0.820. The Kier molecular flexibility index (Phi) is 3.55. The van der Waals surface area contributed by atoms with Gasteiger partial charge in [0.1, 0.15) is 0 Å². The van der Waals surface area contributed by atoms with Crippen molar-refractivity contribution in [1.29, 1.82) is 0 Å². The third-order valence-corrected chi connectivity index (χ3v) is 5.05. The second kappa shape index (κ2) is 4.63. The summed E-state index contributed by atoms with van der Waals surface area (Å²) in [5, 5.41) is 18.4. The van der Waals surface area contributed by atoms with Crippen molar-refractivity contribution in [3.63, 3.8) is 0 Å². The minimum absolute atomic E-state index is 0.0112. The highest BCUT2D eigenvalue weighted by atomic mass is 35.5. The van der Waals surface area contributed by atoms with E-state index in [4.69, 9.17) is 16.7 Å². The normalized spacial score (nSPS) is 25.7. The minimum atomic E-state index is -3.75. The van der Waals surface area contributed by atoms with Crippen LogP contribution in [0.2, 0.25) is 5.02 Å². The van der Waals surface area contributed by atoms with Crippen LogP contribution in [0, 0.1) is 5.41 Å². The number of aliphatic hydroxyl groups is 1. The van der Waals surface area contributed by atoms with Crippen molar-refractivity contribution < 1.29 is 13.5 Å². The van der Waals surface area contributed by atoms with Gasteiger partial charge in [-0.1, -0.05) is 25.4 Å². The Balaban J connectivity index is 2.26. The van der Waals surface area contributed by atoms with Gasteiger partial charge in [-0.05, 0) is 24.6 Å². The van der Waals surface area contributed by atoms with Gasteiger partial charge in [-0.15, -0.1) is 0 Å². The van der Waals surface area contributed by atoms with E-state index in [1.807, 2.05) is 13.8 Å². The molecule has 0 spiro atoms. The van der Waals surface area contributed by atoms with E-state index in [1.54, 1.807) is 0 Å². The van der Waals surface area contributed by atoms with Crippen LogP contribution in [0.4, 0.5) is 5.69 Å². The summed E-state index contributed by atoms with van der Waals surface area (Å²) in [5.41, 5.74) is 0.235. The first-order valence-corrected chi connectivity index (χ1v) is 7.82. The molecule has 1 fully saturated rings. The molecule has 2 rings (SSSR count). The number of rotatable bonds is 3. The smallest absolute Gasteiger partial charge is 0.238 e. The standard InChI is InChI=1S/C12H17ClN2O3S/c1-12(2)10(6-11(12)16)15-9-5-7(19(14,17)18)3-4-8(9)13/h3-5,10-11,15-16H,6H2,1-2H3,(H2,14,17,18). The zero-order valence-corrected chi connectivity index (χ0v) is 12.3. The highest BCUT2D eigenvalue weighted by Crippen LogP contribution is 2.43. The number of nitrogens with one attached hydrogen (secondary N) is 1. The first-order valence-electron chi connectivity index (χ1n) is 5.89. The van der Waals surface area contributed by atoms with E-state index in [9.17, 15) is 13.5 Å². The molecule has 1 aromatic carbocycles. The maximum absolute atomic E-state index is 11.3. The predicted octanol–water partition coefficient (Wildman–Crippen LogP) is 1.56. The zero-order valence-electron chi connectivity index (χ0n) is 10.7. The summed E-state index contributed by atoms with van der Waals surface area (Å²) >= 11 is 6.04. The Bertz CT molecular complexity index is 601. The lowest BCUT2D eigenvalue weighted by molar-refractivity contribution is -0.0510. The summed E-state index contributed by atoms with van der Waals surface area (Å²) in [6.45, 7) is 3.88. The maximum Gasteiger partial charge on any atom is 0.238 e. The van der Waals surface area contributed by atoms with Crippen LogP contribution < -0.4 is 10.5 Å². The largest absolute Gasteiger partial charge is 0.392 e. The Morgan fingerprint density at radius 2 is 2.11 bits per heavy atom. The van der Waals surface area contributed by atoms with Crippen LogP contribution in [0.3, 0.4) is 0 Å². The first-order chi connectivity index (χ1) is 8.62. The van der Waals surface area contributed by atoms with Crippen molar-refractivity contribution in [3.8, 4) is 0 Å². The molecule has 19 heavy (non-hydrogen) atoms. The van der Waals surface area contributed by atoms with Gasteiger partial charge >= 0.3 is 0 Å². The predicted molar refractivity (Wildman–Crippen MR) is 74.6 cm³/mol. The minimum Gasteiger partial charge on any atom is -0.392 e. The molecule has 106 valence electrons. The van der Waals surface area contributed by atoms with Crippen LogP contribution in [-0.2, 0) is 10.0 Å². The first kappa shape index (κ1) is 14.6. The molecule has 0 radical (unpaired) electrons. The quantitative estimate of drug-likeness (QED) is 0.790. The fourth-order valence-corrected chi connectivity index (χ4v) is 2.84. The SMILES string of the molecule is CC1(C)C(O)CC1Nc1cc(S(N)(=O)=O)ccc1Cl. The number of sulfonamides is 1. The van der Waals surface area contributed by atoms with Crippen molar-refractivity contribution in [1.82, 2.24) is 0 Å². The van der Waals surface area contributed by atoms with E-state index in [0.29, 0.717) is 17.1 Å². The van der Waals surface area contributed by atoms with E-state index in [0.717, 1.165) is 0 Å². The average Bonchev–Trinajstić information content (AvgIpc) is 2.29. The summed E-state index contributed by atoms with van der Waals surface area (Å²) < 4.78 is 22.6. The monoisotopic (exact) mass is 304 g/mol. The van der Waals surface area contributed by atoms with Crippen molar-refractivity contribution >= 4 is 27.3 Å². The molecule has 0 saturated heterocycles. The lowest BCUT2D eigenvalue weighted by Crippen LogP contribution is -2.56. The fraction of sp³-hybridized carbons (Fsp3) is 0.500. The van der Waals surface area contributed by atoms with Crippen molar-refractivity contribution in [2.75, 3.05) is 5.32 Å². The Morgan fingerprint density at radius 3 is 2.58 bits per heavy atom. The number of primary sulfonamides is 1. The number of hydrogen-bond donors (Lipinski definition) is 3. The highest BCUT2D eigenvalue weighted by molar-refractivity contribution is 7.89. The number of benzene rings is 1. The van der Waals surface area contributed by atoms with Crippen LogP contribution in [0.5, 0.6) is 0 Å². The van der Waals surface area contributed by atoms with Gasteiger partial charge in [0.05, 0.1) is 21.7 Å². The zero-order chi connectivity index (χ0) is 14.4. The van der Waals surface area contributed by atoms with E-state index < -0.39 is 10.0 Å². The molecule has 4 N–H and O–H groups in total. The second-order valence-corrected chi connectivity index (χ2v) is 7.43. The van der Waals surface area contributed by atoms with Crippen molar-refractivity contribution in [3.05, 3.63) is 23.2 Å². The van der Waals surface area contributed by atoms with Gasteiger partial charge < -0.3 is 10.4 Å². The average molecular weight is 305 g/mol. The summed E-state index contributed by atoms with van der Waals surface area (Å²) in [6.07, 6.45) is 0.230. The molecule has 0 bridgehead atoms. The molecule has 1 saturated carbocycles. The molecule has 7 heteroatoms. The molecule has 1 aliphatic rings. The Labute approximate surface area is 117 Å². The highest BCUT2D eigenvalue weighted by Gasteiger charge is 2.47. The maximum atomic E-state index is 11.3. The number of halogens is 1. The molecular formula is C12H17ClN2O3S. The van der Waals surface area contributed by atoms with Gasteiger partial charge in [0, 0.05) is 11.5 Å². The molecule has 0 amide bonds. The molecule has 2 atom stereocenters. The molecule has 1 aliphatic carbocycles. The fourth-order valence-electron chi connectivity index (χ4n) is 2.13. The van der Waals surface area contributed by atoms with Crippen LogP contribution >= 0.6 is 11.6 Å². The van der Waals surface area contributed by atoms with Crippen molar-refractivity contribution in [2.45, 2.75) is 37.3 Å². The third kappa shape index (κ3) is 2.72. The molecule has 1 aromatic rings. The summed E-state index contributed by atoms with van der Waals surface area (Å²) in [7, 11) is -3.75. The molecule has 5 nitrogen and oxygen atoms in total. The second-order valence-electron chi connectivity index (χ2n) is 5.46. The van der Waals surface area contributed by atoms with E-state index in [1.165, 1.54) is 18.2 Å². The lowest BCUT2D eigenvalue weighted by atomic mass is 9.64. The Morgan fingerprint density at radius 1 is 1.47 bits per heavy atom. The van der Waals surface area contributed by atoms with Gasteiger partial charge in [0.2, 0.25) is 10.0 Å². The van der Waals surface area contributed by atoms with Gasteiger partial charge in [0.25, 0.3) is 0 Å². The van der Waals surface area contributed by atoms with Crippen LogP contribution in [-0.4, -0.2) is 25.7 Å². The molecule has 2 unspecified atom stereocenters. The van der Waals surface area contributed by atoms with Gasteiger partial charge in [-0.25, -0.2) is 13.6 Å². The van der Waals surface area contributed by atoms with E-state index >= 15 is 0 Å².